The second kappa shape index (κ2) is 7.84. The zero-order valence-corrected chi connectivity index (χ0v) is 15.5. The van der Waals surface area contributed by atoms with Crippen molar-refractivity contribution in [3.8, 4) is 12.1 Å². The fraction of sp³-hybridized carbons (Fsp3) is 0.0400. The summed E-state index contributed by atoms with van der Waals surface area (Å²) in [7, 11) is 0. The number of halogens is 1. The third kappa shape index (κ3) is 3.52. The van der Waals surface area contributed by atoms with E-state index in [1.54, 1.807) is 30.3 Å². The molecule has 3 aromatic carbocycles. The first-order valence-corrected chi connectivity index (χ1v) is 9.14. The van der Waals surface area contributed by atoms with Crippen LogP contribution in [0.25, 0.3) is 22.6 Å². The summed E-state index contributed by atoms with van der Waals surface area (Å²) in [4.78, 5) is 0. The van der Waals surface area contributed by atoms with E-state index in [0.717, 1.165) is 22.0 Å². The molecule has 4 aromatic rings. The second-order valence-corrected chi connectivity index (χ2v) is 6.65. The van der Waals surface area contributed by atoms with Crippen molar-refractivity contribution >= 4 is 22.6 Å². The Labute approximate surface area is 168 Å². The van der Waals surface area contributed by atoms with Crippen LogP contribution in [0.1, 0.15) is 22.3 Å². The molecule has 0 fully saturated rings. The van der Waals surface area contributed by atoms with Gasteiger partial charge >= 0.3 is 0 Å². The Hall–Kier alpha value is -4.15. The van der Waals surface area contributed by atoms with Crippen LogP contribution in [0.5, 0.6) is 0 Å². The van der Waals surface area contributed by atoms with Crippen LogP contribution in [0, 0.1) is 28.5 Å². The number of benzene rings is 3. The molecule has 0 saturated carbocycles. The van der Waals surface area contributed by atoms with E-state index >= 15 is 0 Å². The minimum Gasteiger partial charge on any atom is -0.342 e. The van der Waals surface area contributed by atoms with E-state index in [1.807, 2.05) is 53.2 Å². The molecule has 138 valence electrons. The number of aromatic nitrogens is 1. The Morgan fingerprint density at radius 2 is 1.66 bits per heavy atom. The van der Waals surface area contributed by atoms with Gasteiger partial charge in [-0.25, -0.2) is 4.39 Å². The lowest BCUT2D eigenvalue weighted by Gasteiger charge is -2.07. The molecule has 0 bridgehead atoms. The Bertz CT molecular complexity index is 1320. The van der Waals surface area contributed by atoms with E-state index in [-0.39, 0.29) is 11.1 Å². The maximum absolute atomic E-state index is 14.2. The first-order valence-electron chi connectivity index (χ1n) is 9.14. The van der Waals surface area contributed by atoms with E-state index in [2.05, 4.69) is 12.1 Å². The summed E-state index contributed by atoms with van der Waals surface area (Å²) < 4.78 is 16.2. The van der Waals surface area contributed by atoms with Gasteiger partial charge in [-0.15, -0.1) is 0 Å². The Morgan fingerprint density at radius 1 is 0.931 bits per heavy atom. The highest BCUT2D eigenvalue weighted by Crippen LogP contribution is 2.28. The first kappa shape index (κ1) is 18.2. The van der Waals surface area contributed by atoms with Crippen molar-refractivity contribution in [1.29, 1.82) is 10.5 Å². The molecule has 0 N–H and O–H groups in total. The topological polar surface area (TPSA) is 52.5 Å². The van der Waals surface area contributed by atoms with Gasteiger partial charge in [0.25, 0.3) is 0 Å². The van der Waals surface area contributed by atoms with Crippen molar-refractivity contribution in [2.75, 3.05) is 0 Å². The van der Waals surface area contributed by atoms with Crippen LogP contribution < -0.4 is 0 Å². The summed E-state index contributed by atoms with van der Waals surface area (Å²) in [5.74, 6) is -0.424. The van der Waals surface area contributed by atoms with Gasteiger partial charge in [0.15, 0.2) is 0 Å². The Kier molecular flexibility index (Phi) is 4.93. The monoisotopic (exact) mass is 377 g/mol. The van der Waals surface area contributed by atoms with Gasteiger partial charge in [0.05, 0.1) is 23.3 Å². The van der Waals surface area contributed by atoms with Gasteiger partial charge in [-0.1, -0.05) is 54.6 Å². The van der Waals surface area contributed by atoms with Gasteiger partial charge in [0.1, 0.15) is 5.82 Å². The summed E-state index contributed by atoms with van der Waals surface area (Å²) in [6.07, 6.45) is 3.66. The minimum atomic E-state index is -0.424. The van der Waals surface area contributed by atoms with Crippen LogP contribution in [0.3, 0.4) is 0 Å². The molecule has 4 heteroatoms. The molecule has 1 aromatic heterocycles. The number of hydrogen-bond donors (Lipinski definition) is 0. The van der Waals surface area contributed by atoms with Crippen molar-refractivity contribution < 1.29 is 4.39 Å². The van der Waals surface area contributed by atoms with Gasteiger partial charge in [0, 0.05) is 34.8 Å². The molecule has 4 rings (SSSR count). The SMILES string of the molecule is N#CC(=Cc1cn(Cc2ccccc2C#N)c2ccccc12)c1ccccc1F. The highest BCUT2D eigenvalue weighted by molar-refractivity contribution is 5.98. The molecule has 0 aliphatic heterocycles. The van der Waals surface area contributed by atoms with Crippen molar-refractivity contribution in [3.63, 3.8) is 0 Å². The van der Waals surface area contributed by atoms with E-state index in [1.165, 1.54) is 6.07 Å². The Balaban J connectivity index is 1.84. The zero-order valence-electron chi connectivity index (χ0n) is 15.5. The van der Waals surface area contributed by atoms with Crippen LogP contribution in [0.4, 0.5) is 4.39 Å². The average Bonchev–Trinajstić information content (AvgIpc) is 3.10. The number of fused-ring (bicyclic) bond motifs is 1. The lowest BCUT2D eigenvalue weighted by molar-refractivity contribution is 0.624. The number of hydrogen-bond acceptors (Lipinski definition) is 2. The number of rotatable bonds is 4. The van der Waals surface area contributed by atoms with Gasteiger partial charge in [0.2, 0.25) is 0 Å². The second-order valence-electron chi connectivity index (χ2n) is 6.65. The molecule has 0 saturated heterocycles. The van der Waals surface area contributed by atoms with Crippen molar-refractivity contribution in [2.24, 2.45) is 0 Å². The van der Waals surface area contributed by atoms with Crippen LogP contribution in [-0.4, -0.2) is 4.57 Å². The van der Waals surface area contributed by atoms with Gasteiger partial charge < -0.3 is 4.57 Å². The highest BCUT2D eigenvalue weighted by atomic mass is 19.1. The number of nitrogens with zero attached hydrogens (tertiary/aromatic N) is 3. The summed E-state index contributed by atoms with van der Waals surface area (Å²) >= 11 is 0. The normalized spacial score (nSPS) is 11.2. The molecule has 0 atom stereocenters. The fourth-order valence-electron chi connectivity index (χ4n) is 3.48. The molecule has 3 nitrogen and oxygen atoms in total. The van der Waals surface area contributed by atoms with Crippen LogP contribution >= 0.6 is 0 Å². The predicted molar refractivity (Wildman–Crippen MR) is 112 cm³/mol. The molecule has 0 unspecified atom stereocenters. The highest BCUT2D eigenvalue weighted by Gasteiger charge is 2.12. The fourth-order valence-corrected chi connectivity index (χ4v) is 3.48. The van der Waals surface area contributed by atoms with Crippen LogP contribution in [-0.2, 0) is 6.54 Å². The molecule has 0 amide bonds. The average molecular weight is 377 g/mol. The third-order valence-electron chi connectivity index (χ3n) is 4.88. The molecular formula is C25H16FN3. The van der Waals surface area contributed by atoms with E-state index in [9.17, 15) is 14.9 Å². The maximum atomic E-state index is 14.2. The first-order chi connectivity index (χ1) is 14.2. The summed E-state index contributed by atoms with van der Waals surface area (Å²) in [5, 5.41) is 20.0. The van der Waals surface area contributed by atoms with Gasteiger partial charge in [-0.2, -0.15) is 10.5 Å². The van der Waals surface area contributed by atoms with Gasteiger partial charge in [-0.3, -0.25) is 0 Å². The number of allylic oxidation sites excluding steroid dienone is 1. The summed E-state index contributed by atoms with van der Waals surface area (Å²) in [6.45, 7) is 0.527. The van der Waals surface area contributed by atoms with Crippen molar-refractivity contribution in [3.05, 3.63) is 107 Å². The lowest BCUT2D eigenvalue weighted by atomic mass is 10.0. The molecule has 0 radical (unpaired) electrons. The molecular weight excluding hydrogens is 361 g/mol. The predicted octanol–water partition coefficient (Wildman–Crippen LogP) is 5.76. The smallest absolute Gasteiger partial charge is 0.131 e. The van der Waals surface area contributed by atoms with E-state index in [0.29, 0.717) is 12.1 Å². The molecule has 0 aliphatic rings. The molecule has 0 aliphatic carbocycles. The third-order valence-corrected chi connectivity index (χ3v) is 4.88. The van der Waals surface area contributed by atoms with Crippen LogP contribution in [0.2, 0.25) is 0 Å². The molecule has 29 heavy (non-hydrogen) atoms. The summed E-state index contributed by atoms with van der Waals surface area (Å²) in [6, 6.07) is 26.0. The zero-order chi connectivity index (χ0) is 20.2. The lowest BCUT2D eigenvalue weighted by Crippen LogP contribution is -2.00. The standard InChI is InChI=1S/C25H16FN3/c26-24-11-5-3-9-22(24)20(15-28)13-21-17-29(25-12-6-4-10-23(21)25)16-19-8-2-1-7-18(19)14-27/h1-13,17H,16H2. The van der Waals surface area contributed by atoms with Crippen LogP contribution in [0.15, 0.2) is 79.0 Å². The number of nitriles is 2. The molecule has 1 heterocycles. The largest absolute Gasteiger partial charge is 0.342 e. The quantitative estimate of drug-likeness (QED) is 0.424. The Morgan fingerprint density at radius 3 is 2.45 bits per heavy atom. The van der Waals surface area contributed by atoms with Gasteiger partial charge in [-0.05, 0) is 29.8 Å². The summed E-state index contributed by atoms with van der Waals surface area (Å²) in [5.41, 5.74) is 3.91. The van der Waals surface area contributed by atoms with E-state index in [4.69, 9.17) is 0 Å². The van der Waals surface area contributed by atoms with Crippen molar-refractivity contribution in [2.45, 2.75) is 6.54 Å². The maximum Gasteiger partial charge on any atom is 0.131 e. The minimum absolute atomic E-state index is 0.267. The van der Waals surface area contributed by atoms with E-state index < -0.39 is 5.82 Å². The number of para-hydroxylation sites is 1. The molecule has 0 spiro atoms. The van der Waals surface area contributed by atoms with Crippen molar-refractivity contribution in [1.82, 2.24) is 4.57 Å².